The van der Waals surface area contributed by atoms with E-state index in [1.165, 1.54) is 12.8 Å². The third-order valence-corrected chi connectivity index (χ3v) is 3.68. The molecule has 20 heavy (non-hydrogen) atoms. The van der Waals surface area contributed by atoms with Crippen LogP contribution in [0.25, 0.3) is 0 Å². The van der Waals surface area contributed by atoms with E-state index in [0.717, 1.165) is 12.5 Å². The molecule has 108 valence electrons. The van der Waals surface area contributed by atoms with Crippen molar-refractivity contribution < 1.29 is 9.84 Å². The molecule has 2 rings (SSSR count). The molecule has 1 aliphatic rings. The quantitative estimate of drug-likeness (QED) is 0.760. The molecule has 4 nitrogen and oxygen atoms in total. The molecule has 2 N–H and O–H groups in total. The minimum absolute atomic E-state index is 0.236. The lowest BCUT2D eigenvalue weighted by Crippen LogP contribution is -2.34. The number of hydrogen-bond donors (Lipinski definition) is 2. The first kappa shape index (κ1) is 14.8. The number of aliphatic hydroxyl groups excluding tert-OH is 1. The zero-order chi connectivity index (χ0) is 14.4. The normalized spacial score (nSPS) is 17.2. The van der Waals surface area contributed by atoms with Crippen molar-refractivity contribution in [2.45, 2.75) is 25.9 Å². The maximum absolute atomic E-state index is 9.85. The summed E-state index contributed by atoms with van der Waals surface area (Å²) in [6.07, 6.45) is 2.17. The average Bonchev–Trinajstić information content (AvgIpc) is 3.30. The fourth-order valence-corrected chi connectivity index (χ4v) is 2.22. The summed E-state index contributed by atoms with van der Waals surface area (Å²) in [6, 6.07) is 9.03. The van der Waals surface area contributed by atoms with Gasteiger partial charge in [0.25, 0.3) is 0 Å². The molecule has 4 heteroatoms. The van der Waals surface area contributed by atoms with E-state index >= 15 is 0 Å². The fourth-order valence-electron chi connectivity index (χ4n) is 2.22. The van der Waals surface area contributed by atoms with Crippen LogP contribution >= 0.6 is 0 Å². The van der Waals surface area contributed by atoms with Crippen LogP contribution in [-0.4, -0.2) is 30.9 Å². The average molecular weight is 274 g/mol. The second-order valence-corrected chi connectivity index (χ2v) is 5.58. The summed E-state index contributed by atoms with van der Waals surface area (Å²) in [5.41, 5.74) is 0.563. The lowest BCUT2D eigenvalue weighted by molar-refractivity contribution is 0.105. The number of nitrogens with zero attached hydrogens (tertiary/aromatic N) is 1. The Kier molecular flexibility index (Phi) is 5.40. The van der Waals surface area contributed by atoms with Crippen LogP contribution in [0, 0.1) is 23.2 Å². The Bertz CT molecular complexity index is 466. The molecule has 1 aromatic rings. The minimum Gasteiger partial charge on any atom is -0.491 e. The smallest absolute Gasteiger partial charge is 0.120 e. The van der Waals surface area contributed by atoms with Gasteiger partial charge in [0.15, 0.2) is 0 Å². The van der Waals surface area contributed by atoms with E-state index in [2.05, 4.69) is 18.3 Å². The van der Waals surface area contributed by atoms with Gasteiger partial charge in [-0.15, -0.1) is 0 Å². The lowest BCUT2D eigenvalue weighted by atomic mass is 10.1. The SMILES string of the molecule is CC(CNCC(O)COc1cccc(C#N)c1)C1CC1. The van der Waals surface area contributed by atoms with E-state index in [0.29, 0.717) is 23.8 Å². The molecule has 0 aromatic heterocycles. The van der Waals surface area contributed by atoms with Crippen LogP contribution < -0.4 is 10.1 Å². The van der Waals surface area contributed by atoms with E-state index in [4.69, 9.17) is 10.00 Å². The first-order valence-corrected chi connectivity index (χ1v) is 7.21. The van der Waals surface area contributed by atoms with E-state index in [-0.39, 0.29) is 6.61 Å². The Morgan fingerprint density at radius 2 is 2.25 bits per heavy atom. The third kappa shape index (κ3) is 4.84. The van der Waals surface area contributed by atoms with Crippen molar-refractivity contribution in [3.63, 3.8) is 0 Å². The van der Waals surface area contributed by atoms with Crippen LogP contribution in [0.1, 0.15) is 25.3 Å². The number of ether oxygens (including phenoxy) is 1. The maximum Gasteiger partial charge on any atom is 0.120 e. The Morgan fingerprint density at radius 3 is 2.95 bits per heavy atom. The second-order valence-electron chi connectivity index (χ2n) is 5.58. The molecule has 1 aromatic carbocycles. The van der Waals surface area contributed by atoms with Crippen molar-refractivity contribution in [2.75, 3.05) is 19.7 Å². The van der Waals surface area contributed by atoms with Gasteiger partial charge >= 0.3 is 0 Å². The van der Waals surface area contributed by atoms with Crippen LogP contribution in [-0.2, 0) is 0 Å². The van der Waals surface area contributed by atoms with Gasteiger partial charge < -0.3 is 15.2 Å². The highest BCUT2D eigenvalue weighted by molar-refractivity contribution is 5.36. The molecule has 2 unspecified atom stereocenters. The van der Waals surface area contributed by atoms with E-state index < -0.39 is 6.10 Å². The zero-order valence-electron chi connectivity index (χ0n) is 11.9. The highest BCUT2D eigenvalue weighted by atomic mass is 16.5. The molecule has 0 amide bonds. The van der Waals surface area contributed by atoms with Crippen molar-refractivity contribution in [1.82, 2.24) is 5.32 Å². The van der Waals surface area contributed by atoms with Gasteiger partial charge in [-0.05, 0) is 49.4 Å². The van der Waals surface area contributed by atoms with Crippen molar-refractivity contribution in [2.24, 2.45) is 11.8 Å². The second kappa shape index (κ2) is 7.28. The number of rotatable bonds is 8. The highest BCUT2D eigenvalue weighted by Gasteiger charge is 2.27. The van der Waals surface area contributed by atoms with Gasteiger partial charge in [0.05, 0.1) is 11.6 Å². The van der Waals surface area contributed by atoms with Gasteiger partial charge in [-0.2, -0.15) is 5.26 Å². The van der Waals surface area contributed by atoms with Crippen LogP contribution in [0.15, 0.2) is 24.3 Å². The monoisotopic (exact) mass is 274 g/mol. The van der Waals surface area contributed by atoms with Gasteiger partial charge in [-0.1, -0.05) is 13.0 Å². The van der Waals surface area contributed by atoms with Crippen LogP contribution in [0.3, 0.4) is 0 Å². The largest absolute Gasteiger partial charge is 0.491 e. The number of aliphatic hydroxyl groups is 1. The summed E-state index contributed by atoms with van der Waals surface area (Å²) >= 11 is 0. The molecule has 1 aliphatic carbocycles. The Balaban J connectivity index is 1.63. The van der Waals surface area contributed by atoms with Crippen molar-refractivity contribution in [3.05, 3.63) is 29.8 Å². The van der Waals surface area contributed by atoms with E-state index in [9.17, 15) is 5.11 Å². The summed E-state index contributed by atoms with van der Waals surface area (Å²) in [7, 11) is 0. The molecule has 0 spiro atoms. The standard InChI is InChI=1S/C16H22N2O2/c1-12(14-5-6-14)9-18-10-15(19)11-20-16-4-2-3-13(7-16)8-17/h2-4,7,12,14-15,18-19H,5-6,9-11H2,1H3. The van der Waals surface area contributed by atoms with Crippen LogP contribution in [0.2, 0.25) is 0 Å². The summed E-state index contributed by atoms with van der Waals surface area (Å²) in [6.45, 7) is 3.97. The minimum atomic E-state index is -0.535. The Labute approximate surface area is 120 Å². The molecular weight excluding hydrogens is 252 g/mol. The molecule has 2 atom stereocenters. The molecule has 0 saturated heterocycles. The summed E-state index contributed by atoms with van der Waals surface area (Å²) in [5.74, 6) is 2.19. The lowest BCUT2D eigenvalue weighted by Gasteiger charge is -2.15. The molecule has 0 aliphatic heterocycles. The van der Waals surface area contributed by atoms with Crippen molar-refractivity contribution in [1.29, 1.82) is 5.26 Å². The maximum atomic E-state index is 9.85. The van der Waals surface area contributed by atoms with Gasteiger partial charge in [-0.25, -0.2) is 0 Å². The number of nitrogens with one attached hydrogen (secondary N) is 1. The van der Waals surface area contributed by atoms with E-state index in [1.807, 2.05) is 0 Å². The Hall–Kier alpha value is -1.57. The first-order chi connectivity index (χ1) is 9.69. The molecule has 1 saturated carbocycles. The van der Waals surface area contributed by atoms with Gasteiger partial charge in [-0.3, -0.25) is 0 Å². The Morgan fingerprint density at radius 1 is 1.45 bits per heavy atom. The predicted octanol–water partition coefficient (Wildman–Crippen LogP) is 1.93. The molecule has 0 heterocycles. The van der Waals surface area contributed by atoms with Gasteiger partial charge in [0, 0.05) is 6.54 Å². The van der Waals surface area contributed by atoms with Gasteiger partial charge in [0.2, 0.25) is 0 Å². The molecule has 0 bridgehead atoms. The topological polar surface area (TPSA) is 65.3 Å². The van der Waals surface area contributed by atoms with Crippen LogP contribution in [0.5, 0.6) is 5.75 Å². The van der Waals surface area contributed by atoms with Gasteiger partial charge in [0.1, 0.15) is 18.5 Å². The van der Waals surface area contributed by atoms with Crippen molar-refractivity contribution in [3.8, 4) is 11.8 Å². The predicted molar refractivity (Wildman–Crippen MR) is 77.4 cm³/mol. The number of nitriles is 1. The summed E-state index contributed by atoms with van der Waals surface area (Å²) in [5, 5.41) is 21.9. The van der Waals surface area contributed by atoms with E-state index in [1.54, 1.807) is 24.3 Å². The zero-order valence-corrected chi connectivity index (χ0v) is 11.9. The third-order valence-electron chi connectivity index (χ3n) is 3.68. The summed E-state index contributed by atoms with van der Waals surface area (Å²) < 4.78 is 5.49. The first-order valence-electron chi connectivity index (χ1n) is 7.21. The molecular formula is C16H22N2O2. The number of benzene rings is 1. The van der Waals surface area contributed by atoms with Crippen molar-refractivity contribution >= 4 is 0 Å². The fraction of sp³-hybridized carbons (Fsp3) is 0.562. The number of hydrogen-bond acceptors (Lipinski definition) is 4. The highest BCUT2D eigenvalue weighted by Crippen LogP contribution is 2.35. The molecule has 1 fully saturated rings. The molecule has 0 radical (unpaired) electrons. The summed E-state index contributed by atoms with van der Waals surface area (Å²) in [4.78, 5) is 0. The van der Waals surface area contributed by atoms with Crippen LogP contribution in [0.4, 0.5) is 0 Å².